The van der Waals surface area contributed by atoms with Crippen molar-refractivity contribution in [2.24, 2.45) is 5.73 Å². The average Bonchev–Trinajstić information content (AvgIpc) is 2.04. The van der Waals surface area contributed by atoms with Gasteiger partial charge in [-0.05, 0) is 6.07 Å². The van der Waals surface area contributed by atoms with Crippen LogP contribution in [0.15, 0.2) is 18.2 Å². The molecule has 0 aliphatic heterocycles. The second-order valence-corrected chi connectivity index (χ2v) is 2.28. The van der Waals surface area contributed by atoms with E-state index in [0.717, 1.165) is 11.3 Å². The predicted molar refractivity (Wildman–Crippen MR) is 45.3 cm³/mol. The van der Waals surface area contributed by atoms with Gasteiger partial charge in [0.05, 0.1) is 7.11 Å². The van der Waals surface area contributed by atoms with Crippen LogP contribution in [-0.2, 0) is 6.54 Å². The van der Waals surface area contributed by atoms with E-state index in [1.807, 2.05) is 12.1 Å². The third kappa shape index (κ3) is 1.62. The highest BCUT2D eigenvalue weighted by molar-refractivity contribution is 5.48. The molecule has 0 radical (unpaired) electrons. The monoisotopic (exact) mass is 152 g/mol. The molecule has 4 N–H and O–H groups in total. The summed E-state index contributed by atoms with van der Waals surface area (Å²) in [6, 6.07) is 5.45. The van der Waals surface area contributed by atoms with Crippen molar-refractivity contribution in [2.45, 2.75) is 6.54 Å². The molecule has 3 nitrogen and oxygen atoms in total. The van der Waals surface area contributed by atoms with Crippen LogP contribution in [0.1, 0.15) is 5.56 Å². The fourth-order valence-electron chi connectivity index (χ4n) is 0.930. The number of methoxy groups -OCH3 is 1. The summed E-state index contributed by atoms with van der Waals surface area (Å²) in [4.78, 5) is 0. The number of hydrogen-bond acceptors (Lipinski definition) is 3. The maximum atomic E-state index is 5.54. The van der Waals surface area contributed by atoms with Gasteiger partial charge in [0.15, 0.2) is 0 Å². The average molecular weight is 152 g/mol. The normalized spacial score (nSPS) is 9.64. The second kappa shape index (κ2) is 3.25. The second-order valence-electron chi connectivity index (χ2n) is 2.28. The third-order valence-corrected chi connectivity index (χ3v) is 1.53. The van der Waals surface area contributed by atoms with E-state index in [9.17, 15) is 0 Å². The van der Waals surface area contributed by atoms with Crippen molar-refractivity contribution in [3.63, 3.8) is 0 Å². The van der Waals surface area contributed by atoms with Crippen LogP contribution in [0.2, 0.25) is 0 Å². The van der Waals surface area contributed by atoms with Crippen LogP contribution in [-0.4, -0.2) is 7.11 Å². The molecule has 0 unspecified atom stereocenters. The molecule has 0 amide bonds. The molecule has 1 rings (SSSR count). The van der Waals surface area contributed by atoms with E-state index < -0.39 is 0 Å². The van der Waals surface area contributed by atoms with Gasteiger partial charge in [0.25, 0.3) is 0 Å². The number of rotatable bonds is 2. The van der Waals surface area contributed by atoms with Gasteiger partial charge in [-0.2, -0.15) is 0 Å². The first kappa shape index (κ1) is 7.88. The maximum Gasteiger partial charge on any atom is 0.125 e. The fourth-order valence-corrected chi connectivity index (χ4v) is 0.930. The minimum atomic E-state index is 0.476. The van der Waals surface area contributed by atoms with E-state index in [2.05, 4.69) is 0 Å². The Kier molecular flexibility index (Phi) is 2.33. The minimum Gasteiger partial charge on any atom is -0.496 e. The molecule has 0 saturated heterocycles. The zero-order valence-electron chi connectivity index (χ0n) is 6.50. The molecule has 0 fully saturated rings. The molecule has 3 heteroatoms. The van der Waals surface area contributed by atoms with Crippen molar-refractivity contribution < 1.29 is 4.74 Å². The van der Waals surface area contributed by atoms with Gasteiger partial charge in [-0.3, -0.25) is 0 Å². The van der Waals surface area contributed by atoms with Gasteiger partial charge >= 0.3 is 0 Å². The lowest BCUT2D eigenvalue weighted by molar-refractivity contribution is 0.410. The van der Waals surface area contributed by atoms with Crippen LogP contribution < -0.4 is 16.2 Å². The van der Waals surface area contributed by atoms with Gasteiger partial charge in [0, 0.05) is 23.9 Å². The van der Waals surface area contributed by atoms with Crippen LogP contribution >= 0.6 is 0 Å². The Bertz CT molecular complexity index is 248. The molecule has 0 spiro atoms. The zero-order chi connectivity index (χ0) is 8.27. The molecule has 0 heterocycles. The van der Waals surface area contributed by atoms with E-state index >= 15 is 0 Å². The Morgan fingerprint density at radius 1 is 1.45 bits per heavy atom. The molecule has 0 aliphatic rings. The van der Waals surface area contributed by atoms with Crippen molar-refractivity contribution in [3.8, 4) is 5.75 Å². The summed E-state index contributed by atoms with van der Waals surface area (Å²) in [7, 11) is 1.61. The highest BCUT2D eigenvalue weighted by atomic mass is 16.5. The third-order valence-electron chi connectivity index (χ3n) is 1.53. The van der Waals surface area contributed by atoms with Gasteiger partial charge in [0.2, 0.25) is 0 Å². The standard InChI is InChI=1S/C8H12N2O/c1-11-8-4-7(10)3-2-6(8)5-9/h2-4H,5,9-10H2,1H3. The molecule has 0 saturated carbocycles. The number of nitrogens with two attached hydrogens (primary N) is 2. The lowest BCUT2D eigenvalue weighted by Crippen LogP contribution is -2.00. The Morgan fingerprint density at radius 2 is 2.18 bits per heavy atom. The Hall–Kier alpha value is -1.22. The topological polar surface area (TPSA) is 61.3 Å². The van der Waals surface area contributed by atoms with Crippen molar-refractivity contribution in [3.05, 3.63) is 23.8 Å². The number of nitrogen functional groups attached to an aromatic ring is 1. The molecular weight excluding hydrogens is 140 g/mol. The number of benzene rings is 1. The van der Waals surface area contributed by atoms with Crippen LogP contribution in [0.5, 0.6) is 5.75 Å². The summed E-state index contributed by atoms with van der Waals surface area (Å²) in [6.07, 6.45) is 0. The van der Waals surface area contributed by atoms with Crippen molar-refractivity contribution >= 4 is 5.69 Å². The first-order valence-corrected chi connectivity index (χ1v) is 3.40. The van der Waals surface area contributed by atoms with E-state index in [4.69, 9.17) is 16.2 Å². The largest absolute Gasteiger partial charge is 0.496 e. The zero-order valence-corrected chi connectivity index (χ0v) is 6.50. The van der Waals surface area contributed by atoms with Gasteiger partial charge in [0.1, 0.15) is 5.75 Å². The van der Waals surface area contributed by atoms with E-state index in [1.54, 1.807) is 13.2 Å². The molecule has 0 aliphatic carbocycles. The molecule has 0 atom stereocenters. The van der Waals surface area contributed by atoms with Crippen LogP contribution in [0, 0.1) is 0 Å². The van der Waals surface area contributed by atoms with E-state index in [0.29, 0.717) is 12.2 Å². The van der Waals surface area contributed by atoms with E-state index in [1.165, 1.54) is 0 Å². The molecular formula is C8H12N2O. The van der Waals surface area contributed by atoms with Crippen molar-refractivity contribution in [2.75, 3.05) is 12.8 Å². The maximum absolute atomic E-state index is 5.54. The summed E-state index contributed by atoms with van der Waals surface area (Å²) >= 11 is 0. The molecule has 0 aromatic heterocycles. The first-order valence-electron chi connectivity index (χ1n) is 3.40. The van der Waals surface area contributed by atoms with Crippen LogP contribution in [0.3, 0.4) is 0 Å². The highest BCUT2D eigenvalue weighted by Crippen LogP contribution is 2.20. The number of ether oxygens (including phenoxy) is 1. The number of hydrogen-bond donors (Lipinski definition) is 2. The fraction of sp³-hybridized carbons (Fsp3) is 0.250. The summed E-state index contributed by atoms with van der Waals surface area (Å²) in [5.41, 5.74) is 12.7. The van der Waals surface area contributed by atoms with E-state index in [-0.39, 0.29) is 0 Å². The molecule has 1 aromatic carbocycles. The van der Waals surface area contributed by atoms with Crippen molar-refractivity contribution in [1.82, 2.24) is 0 Å². The predicted octanol–water partition coefficient (Wildman–Crippen LogP) is 0.736. The SMILES string of the molecule is COc1cc(N)ccc1CN. The summed E-state index contributed by atoms with van der Waals surface area (Å²) < 4.78 is 5.06. The molecule has 0 bridgehead atoms. The molecule has 60 valence electrons. The van der Waals surface area contributed by atoms with Gasteiger partial charge < -0.3 is 16.2 Å². The summed E-state index contributed by atoms with van der Waals surface area (Å²) in [5.74, 6) is 0.757. The Balaban J connectivity index is 3.06. The lowest BCUT2D eigenvalue weighted by atomic mass is 10.2. The quantitative estimate of drug-likeness (QED) is 0.614. The molecule has 11 heavy (non-hydrogen) atoms. The smallest absolute Gasteiger partial charge is 0.125 e. The highest BCUT2D eigenvalue weighted by Gasteiger charge is 1.99. The van der Waals surface area contributed by atoms with Crippen LogP contribution in [0.25, 0.3) is 0 Å². The van der Waals surface area contributed by atoms with Crippen molar-refractivity contribution in [1.29, 1.82) is 0 Å². The molecule has 1 aromatic rings. The lowest BCUT2D eigenvalue weighted by Gasteiger charge is -2.06. The number of anilines is 1. The summed E-state index contributed by atoms with van der Waals surface area (Å²) in [6.45, 7) is 0.476. The first-order chi connectivity index (χ1) is 5.27. The van der Waals surface area contributed by atoms with Gasteiger partial charge in [-0.1, -0.05) is 6.07 Å². The van der Waals surface area contributed by atoms with Gasteiger partial charge in [-0.15, -0.1) is 0 Å². The Labute approximate surface area is 66.0 Å². The van der Waals surface area contributed by atoms with Crippen LogP contribution in [0.4, 0.5) is 5.69 Å². The Morgan fingerprint density at radius 3 is 2.73 bits per heavy atom. The summed E-state index contributed by atoms with van der Waals surface area (Å²) in [5, 5.41) is 0. The van der Waals surface area contributed by atoms with Gasteiger partial charge in [-0.25, -0.2) is 0 Å². The minimum absolute atomic E-state index is 0.476.